The highest BCUT2D eigenvalue weighted by atomic mass is 35.5. The molecule has 0 saturated heterocycles. The number of alkyl halides is 3. The second-order valence-corrected chi connectivity index (χ2v) is 4.34. The topological polar surface area (TPSA) is 61.3 Å². The smallest absolute Gasteiger partial charge is 0.416 e. The Bertz CT molecular complexity index is 413. The van der Waals surface area contributed by atoms with Gasteiger partial charge in [-0.3, -0.25) is 0 Å². The Labute approximate surface area is 122 Å². The molecule has 1 rings (SSSR count). The number of ether oxygens (including phenoxy) is 1. The van der Waals surface area contributed by atoms with Gasteiger partial charge in [-0.05, 0) is 37.1 Å². The highest BCUT2D eigenvalue weighted by Crippen LogP contribution is 2.37. The van der Waals surface area contributed by atoms with Crippen LogP contribution in [-0.2, 0) is 6.18 Å². The Kier molecular flexibility index (Phi) is 7.93. The van der Waals surface area contributed by atoms with Crippen LogP contribution < -0.4 is 16.2 Å². The molecule has 116 valence electrons. The Morgan fingerprint density at radius 2 is 1.90 bits per heavy atom. The van der Waals surface area contributed by atoms with Crippen molar-refractivity contribution < 1.29 is 17.9 Å². The van der Waals surface area contributed by atoms with Gasteiger partial charge in [0.25, 0.3) is 0 Å². The van der Waals surface area contributed by atoms with E-state index in [1.807, 2.05) is 0 Å². The normalized spacial score (nSPS) is 12.7. The van der Waals surface area contributed by atoms with Crippen LogP contribution in [0.1, 0.15) is 36.4 Å². The monoisotopic (exact) mass is 312 g/mol. The van der Waals surface area contributed by atoms with Crippen LogP contribution >= 0.6 is 12.4 Å². The van der Waals surface area contributed by atoms with Crippen molar-refractivity contribution in [2.24, 2.45) is 11.5 Å². The average Bonchev–Trinajstić information content (AvgIpc) is 2.37. The van der Waals surface area contributed by atoms with E-state index in [0.717, 1.165) is 12.5 Å². The first-order valence-corrected chi connectivity index (χ1v) is 6.11. The lowest BCUT2D eigenvalue weighted by atomic mass is 9.96. The maximum absolute atomic E-state index is 13.0. The van der Waals surface area contributed by atoms with Gasteiger partial charge in [-0.2, -0.15) is 13.2 Å². The fraction of sp³-hybridized carbons (Fsp3) is 0.538. The summed E-state index contributed by atoms with van der Waals surface area (Å²) in [5, 5.41) is 0. The third kappa shape index (κ3) is 5.19. The largest absolute Gasteiger partial charge is 0.497 e. The maximum atomic E-state index is 13.0. The summed E-state index contributed by atoms with van der Waals surface area (Å²) in [5.41, 5.74) is 10.6. The fourth-order valence-electron chi connectivity index (χ4n) is 1.90. The summed E-state index contributed by atoms with van der Waals surface area (Å²) in [6.45, 7) is 0.515. The minimum atomic E-state index is -4.44. The van der Waals surface area contributed by atoms with Crippen molar-refractivity contribution in [2.75, 3.05) is 13.7 Å². The molecule has 1 atom stereocenters. The minimum absolute atomic E-state index is 0. The predicted molar refractivity (Wildman–Crippen MR) is 75.1 cm³/mol. The number of unbranched alkanes of at least 4 members (excludes halogenated alkanes) is 1. The van der Waals surface area contributed by atoms with Gasteiger partial charge in [0.2, 0.25) is 0 Å². The van der Waals surface area contributed by atoms with Crippen molar-refractivity contribution in [1.29, 1.82) is 0 Å². The van der Waals surface area contributed by atoms with Crippen molar-refractivity contribution >= 4 is 12.4 Å². The lowest BCUT2D eigenvalue weighted by Crippen LogP contribution is -2.18. The number of nitrogens with two attached hydrogens (primary N) is 2. The average molecular weight is 313 g/mol. The van der Waals surface area contributed by atoms with Crippen molar-refractivity contribution in [3.8, 4) is 5.75 Å². The highest BCUT2D eigenvalue weighted by Gasteiger charge is 2.35. The van der Waals surface area contributed by atoms with Crippen LogP contribution in [0.15, 0.2) is 18.2 Å². The zero-order valence-corrected chi connectivity index (χ0v) is 12.1. The zero-order valence-electron chi connectivity index (χ0n) is 11.2. The molecule has 0 saturated carbocycles. The summed E-state index contributed by atoms with van der Waals surface area (Å²) < 4.78 is 43.8. The first-order chi connectivity index (χ1) is 8.90. The molecule has 3 nitrogen and oxygen atoms in total. The molecule has 0 radical (unpaired) electrons. The molecular weight excluding hydrogens is 293 g/mol. The van der Waals surface area contributed by atoms with Gasteiger partial charge in [0.05, 0.1) is 12.7 Å². The van der Waals surface area contributed by atoms with Gasteiger partial charge < -0.3 is 16.2 Å². The predicted octanol–water partition coefficient (Wildman–Crippen LogP) is 3.26. The standard InChI is InChI=1S/C13H19F3N2O.ClH/c1-19-9-5-6-10(11(8-9)13(14,15)16)12(18)4-2-3-7-17;/h5-6,8,12H,2-4,7,17-18H2,1H3;1H/t12-;/m1./s1. The molecule has 0 unspecified atom stereocenters. The van der Waals surface area contributed by atoms with E-state index in [2.05, 4.69) is 0 Å². The fourth-order valence-corrected chi connectivity index (χ4v) is 1.90. The molecule has 0 aliphatic carbocycles. The number of benzene rings is 1. The van der Waals surface area contributed by atoms with Crippen LogP contribution in [0.3, 0.4) is 0 Å². The number of hydrogen-bond donors (Lipinski definition) is 2. The molecule has 0 aliphatic heterocycles. The summed E-state index contributed by atoms with van der Waals surface area (Å²) in [4.78, 5) is 0. The highest BCUT2D eigenvalue weighted by molar-refractivity contribution is 5.85. The van der Waals surface area contributed by atoms with E-state index in [-0.39, 0.29) is 23.7 Å². The maximum Gasteiger partial charge on any atom is 0.416 e. The molecule has 0 aliphatic rings. The van der Waals surface area contributed by atoms with Crippen LogP contribution in [0.25, 0.3) is 0 Å². The second-order valence-electron chi connectivity index (χ2n) is 4.34. The Morgan fingerprint density at radius 3 is 2.40 bits per heavy atom. The van der Waals surface area contributed by atoms with Crippen molar-refractivity contribution in [3.63, 3.8) is 0 Å². The summed E-state index contributed by atoms with van der Waals surface area (Å²) >= 11 is 0. The minimum Gasteiger partial charge on any atom is -0.497 e. The summed E-state index contributed by atoms with van der Waals surface area (Å²) in [6.07, 6.45) is -2.49. The molecule has 1 aromatic rings. The molecule has 0 bridgehead atoms. The number of rotatable bonds is 6. The van der Waals surface area contributed by atoms with Gasteiger partial charge in [-0.25, -0.2) is 0 Å². The van der Waals surface area contributed by atoms with Gasteiger partial charge in [-0.15, -0.1) is 12.4 Å². The Morgan fingerprint density at radius 1 is 1.25 bits per heavy atom. The van der Waals surface area contributed by atoms with Crippen LogP contribution in [0, 0.1) is 0 Å². The van der Waals surface area contributed by atoms with E-state index < -0.39 is 17.8 Å². The van der Waals surface area contributed by atoms with Gasteiger partial charge in [0.1, 0.15) is 5.75 Å². The lowest BCUT2D eigenvalue weighted by molar-refractivity contribution is -0.138. The Balaban J connectivity index is 0.00000361. The van der Waals surface area contributed by atoms with Gasteiger partial charge in [0.15, 0.2) is 0 Å². The molecule has 0 spiro atoms. The molecule has 0 aromatic heterocycles. The molecule has 7 heteroatoms. The number of hydrogen-bond acceptors (Lipinski definition) is 3. The van der Waals surface area contributed by atoms with Gasteiger partial charge >= 0.3 is 6.18 Å². The number of methoxy groups -OCH3 is 1. The van der Waals surface area contributed by atoms with Gasteiger partial charge in [-0.1, -0.05) is 12.5 Å². The molecule has 1 aromatic carbocycles. The van der Waals surface area contributed by atoms with Crippen LogP contribution in [0.5, 0.6) is 5.75 Å². The van der Waals surface area contributed by atoms with E-state index in [0.29, 0.717) is 19.4 Å². The van der Waals surface area contributed by atoms with Crippen molar-refractivity contribution in [2.45, 2.75) is 31.5 Å². The molecule has 0 amide bonds. The van der Waals surface area contributed by atoms with Gasteiger partial charge in [0, 0.05) is 6.04 Å². The quantitative estimate of drug-likeness (QED) is 0.793. The van der Waals surface area contributed by atoms with E-state index in [4.69, 9.17) is 16.2 Å². The number of halogens is 4. The molecule has 0 heterocycles. The second kappa shape index (κ2) is 8.34. The van der Waals surface area contributed by atoms with E-state index in [1.54, 1.807) is 0 Å². The summed E-state index contributed by atoms with van der Waals surface area (Å²) in [6, 6.07) is 3.22. The van der Waals surface area contributed by atoms with Crippen LogP contribution in [0.4, 0.5) is 13.2 Å². The van der Waals surface area contributed by atoms with E-state index in [9.17, 15) is 13.2 Å². The summed E-state index contributed by atoms with van der Waals surface area (Å²) in [5.74, 6) is 0.172. The van der Waals surface area contributed by atoms with Crippen LogP contribution in [0.2, 0.25) is 0 Å². The van der Waals surface area contributed by atoms with Crippen LogP contribution in [-0.4, -0.2) is 13.7 Å². The summed E-state index contributed by atoms with van der Waals surface area (Å²) in [7, 11) is 1.33. The molecule has 0 fully saturated rings. The Hall–Kier alpha value is -0.980. The lowest BCUT2D eigenvalue weighted by Gasteiger charge is -2.19. The third-order valence-electron chi connectivity index (χ3n) is 2.93. The molecule has 20 heavy (non-hydrogen) atoms. The first-order valence-electron chi connectivity index (χ1n) is 6.11. The van der Waals surface area contributed by atoms with Crippen molar-refractivity contribution in [3.05, 3.63) is 29.3 Å². The zero-order chi connectivity index (χ0) is 14.5. The van der Waals surface area contributed by atoms with E-state index in [1.165, 1.54) is 19.2 Å². The SMILES string of the molecule is COc1ccc([C@H](N)CCCCN)c(C(F)(F)F)c1.Cl. The third-order valence-corrected chi connectivity index (χ3v) is 2.93. The molecule has 4 N–H and O–H groups in total. The van der Waals surface area contributed by atoms with E-state index >= 15 is 0 Å². The molecular formula is C13H20ClF3N2O. The van der Waals surface area contributed by atoms with Crippen molar-refractivity contribution in [1.82, 2.24) is 0 Å². The first kappa shape index (κ1) is 19.0.